The van der Waals surface area contributed by atoms with Crippen molar-refractivity contribution in [1.82, 2.24) is 15.5 Å². The third-order valence-electron chi connectivity index (χ3n) is 4.45. The summed E-state index contributed by atoms with van der Waals surface area (Å²) in [6, 6.07) is -0.623. The molecule has 8 heteroatoms. The van der Waals surface area contributed by atoms with E-state index in [1.807, 2.05) is 13.8 Å². The van der Waals surface area contributed by atoms with Gasteiger partial charge >= 0.3 is 0 Å². The van der Waals surface area contributed by atoms with Crippen molar-refractivity contribution in [2.75, 3.05) is 19.5 Å². The van der Waals surface area contributed by atoms with E-state index in [1.54, 1.807) is 7.11 Å². The van der Waals surface area contributed by atoms with Gasteiger partial charge in [0, 0.05) is 18.8 Å². The van der Waals surface area contributed by atoms with Gasteiger partial charge in [-0.1, -0.05) is 44.9 Å². The molecule has 1 aliphatic rings. The smallest absolute Gasteiger partial charge is 0.286 e. The predicted molar refractivity (Wildman–Crippen MR) is 99.2 cm³/mol. The highest BCUT2D eigenvalue weighted by atomic mass is 32.2. The Bertz CT molecular complexity index is 585. The zero-order valence-electron chi connectivity index (χ0n) is 15.8. The minimum Gasteiger partial charge on any atom is -0.408 e. The Labute approximate surface area is 159 Å². The number of methoxy groups -OCH3 is 1. The number of hydrogen-bond acceptors (Lipinski definition) is 7. The van der Waals surface area contributed by atoms with Gasteiger partial charge in [-0.3, -0.25) is 9.59 Å². The topological polar surface area (TPSA) is 94.3 Å². The second-order valence-electron chi connectivity index (χ2n) is 7.10. The van der Waals surface area contributed by atoms with Crippen LogP contribution in [-0.4, -0.2) is 47.4 Å². The number of nitrogens with one attached hydrogen (secondary N) is 1. The quantitative estimate of drug-likeness (QED) is 0.377. The summed E-state index contributed by atoms with van der Waals surface area (Å²) in [5, 5.41) is 11.0. The van der Waals surface area contributed by atoms with Crippen LogP contribution in [0.25, 0.3) is 0 Å². The van der Waals surface area contributed by atoms with E-state index in [4.69, 9.17) is 9.15 Å². The van der Waals surface area contributed by atoms with Crippen LogP contribution < -0.4 is 5.32 Å². The van der Waals surface area contributed by atoms with Crippen LogP contribution in [0.2, 0.25) is 0 Å². The van der Waals surface area contributed by atoms with E-state index >= 15 is 0 Å². The SMILES string of the molecule is COCCSc1nnc(C(=O)[C@H](CC(C)C)NC(=O)C2CCCCC2)o1. The Kier molecular flexibility index (Phi) is 8.58. The molecule has 0 bridgehead atoms. The lowest BCUT2D eigenvalue weighted by Crippen LogP contribution is -2.45. The molecule has 0 saturated heterocycles. The molecular weight excluding hydrogens is 354 g/mol. The standard InChI is InChI=1S/C18H29N3O4S/c1-12(2)11-14(19-16(23)13-7-5-4-6-8-13)15(22)17-20-21-18(25-17)26-10-9-24-3/h12-14H,4-11H2,1-3H3,(H,19,23)/t14-/m0/s1. The molecule has 0 aromatic carbocycles. The van der Waals surface area contributed by atoms with Crippen LogP contribution in [0.4, 0.5) is 0 Å². The van der Waals surface area contributed by atoms with Gasteiger partial charge in [-0.2, -0.15) is 0 Å². The molecule has 1 atom stereocenters. The number of thioether (sulfide) groups is 1. The first-order chi connectivity index (χ1) is 12.5. The maximum atomic E-state index is 12.8. The molecule has 0 radical (unpaired) electrons. The van der Waals surface area contributed by atoms with Crippen molar-refractivity contribution >= 4 is 23.5 Å². The van der Waals surface area contributed by atoms with E-state index in [9.17, 15) is 9.59 Å². The predicted octanol–water partition coefficient (Wildman–Crippen LogP) is 3.10. The minimum absolute atomic E-state index is 0.00839. The first-order valence-electron chi connectivity index (χ1n) is 9.31. The summed E-state index contributed by atoms with van der Waals surface area (Å²) in [5.41, 5.74) is 0. The minimum atomic E-state index is -0.623. The molecule has 7 nitrogen and oxygen atoms in total. The highest BCUT2D eigenvalue weighted by Crippen LogP contribution is 2.24. The van der Waals surface area contributed by atoms with E-state index in [-0.39, 0.29) is 29.4 Å². The number of nitrogens with zero attached hydrogens (tertiary/aromatic N) is 2. The molecule has 1 amide bonds. The largest absolute Gasteiger partial charge is 0.408 e. The normalized spacial score (nSPS) is 16.6. The van der Waals surface area contributed by atoms with Gasteiger partial charge in [-0.25, -0.2) is 0 Å². The lowest BCUT2D eigenvalue weighted by molar-refractivity contribution is -0.126. The number of hydrogen-bond donors (Lipinski definition) is 1. The molecule has 1 aromatic heterocycles. The molecule has 0 unspecified atom stereocenters. The van der Waals surface area contributed by atoms with Gasteiger partial charge in [0.05, 0.1) is 12.6 Å². The summed E-state index contributed by atoms with van der Waals surface area (Å²) < 4.78 is 10.4. The van der Waals surface area contributed by atoms with Crippen LogP contribution >= 0.6 is 11.8 Å². The summed E-state index contributed by atoms with van der Waals surface area (Å²) in [7, 11) is 1.62. The van der Waals surface area contributed by atoms with Gasteiger partial charge in [0.2, 0.25) is 11.7 Å². The van der Waals surface area contributed by atoms with Crippen molar-refractivity contribution < 1.29 is 18.7 Å². The van der Waals surface area contributed by atoms with E-state index < -0.39 is 6.04 Å². The number of aromatic nitrogens is 2. The van der Waals surface area contributed by atoms with Gasteiger partial charge in [0.25, 0.3) is 11.1 Å². The first kappa shape index (κ1) is 20.9. The molecule has 1 fully saturated rings. The first-order valence-corrected chi connectivity index (χ1v) is 10.3. The molecule has 2 rings (SSSR count). The molecule has 1 aliphatic carbocycles. The summed E-state index contributed by atoms with van der Waals surface area (Å²) in [6.07, 6.45) is 5.68. The Morgan fingerprint density at radius 1 is 1.27 bits per heavy atom. The second-order valence-corrected chi connectivity index (χ2v) is 8.15. The lowest BCUT2D eigenvalue weighted by Gasteiger charge is -2.24. The van der Waals surface area contributed by atoms with Crippen LogP contribution in [0.3, 0.4) is 0 Å². The van der Waals surface area contributed by atoms with E-state index in [0.29, 0.717) is 24.0 Å². The molecule has 1 aromatic rings. The van der Waals surface area contributed by atoms with Gasteiger partial charge in [-0.05, 0) is 25.2 Å². The highest BCUT2D eigenvalue weighted by Gasteiger charge is 2.30. The third-order valence-corrected chi connectivity index (χ3v) is 5.23. The molecule has 0 aliphatic heterocycles. The van der Waals surface area contributed by atoms with Crippen molar-refractivity contribution in [3.63, 3.8) is 0 Å². The summed E-state index contributed by atoms with van der Waals surface area (Å²) >= 11 is 1.34. The Morgan fingerprint density at radius 2 is 2.00 bits per heavy atom. The molecule has 0 spiro atoms. The van der Waals surface area contributed by atoms with Gasteiger partial charge < -0.3 is 14.5 Å². The van der Waals surface area contributed by atoms with Crippen molar-refractivity contribution in [1.29, 1.82) is 0 Å². The fourth-order valence-electron chi connectivity index (χ4n) is 3.09. The second kappa shape index (κ2) is 10.7. The number of carbonyl (C=O) groups is 2. The number of amides is 1. The molecular formula is C18H29N3O4S. The number of ketones is 1. The average Bonchev–Trinajstić information content (AvgIpc) is 3.10. The number of Topliss-reactive ketones (excluding diaryl/α,β-unsaturated/α-hetero) is 1. The molecule has 1 saturated carbocycles. The van der Waals surface area contributed by atoms with E-state index in [0.717, 1.165) is 25.7 Å². The van der Waals surface area contributed by atoms with Crippen LogP contribution in [0.5, 0.6) is 0 Å². The van der Waals surface area contributed by atoms with Crippen molar-refractivity contribution in [3.05, 3.63) is 5.89 Å². The van der Waals surface area contributed by atoms with Crippen molar-refractivity contribution in [2.45, 2.75) is 63.6 Å². The molecule has 146 valence electrons. The lowest BCUT2D eigenvalue weighted by atomic mass is 9.88. The average molecular weight is 384 g/mol. The van der Waals surface area contributed by atoms with Gasteiger partial charge in [-0.15, -0.1) is 10.2 Å². The van der Waals surface area contributed by atoms with Crippen LogP contribution in [0.15, 0.2) is 9.64 Å². The van der Waals surface area contributed by atoms with Crippen LogP contribution in [0, 0.1) is 11.8 Å². The number of ether oxygens (including phenoxy) is 1. The summed E-state index contributed by atoms with van der Waals surface area (Å²) in [5.74, 6) is 0.551. The van der Waals surface area contributed by atoms with E-state index in [2.05, 4.69) is 15.5 Å². The molecule has 1 N–H and O–H groups in total. The Balaban J connectivity index is 2.00. The fourth-order valence-corrected chi connectivity index (χ4v) is 3.75. The Hall–Kier alpha value is -1.41. The summed E-state index contributed by atoms with van der Waals surface area (Å²) in [4.78, 5) is 25.4. The zero-order valence-corrected chi connectivity index (χ0v) is 16.6. The van der Waals surface area contributed by atoms with Crippen molar-refractivity contribution in [2.24, 2.45) is 11.8 Å². The van der Waals surface area contributed by atoms with E-state index in [1.165, 1.54) is 18.2 Å². The highest BCUT2D eigenvalue weighted by molar-refractivity contribution is 7.99. The number of carbonyl (C=O) groups excluding carboxylic acids is 2. The summed E-state index contributed by atoms with van der Waals surface area (Å²) in [6.45, 7) is 4.60. The molecule has 26 heavy (non-hydrogen) atoms. The third kappa shape index (κ3) is 6.39. The molecule has 1 heterocycles. The Morgan fingerprint density at radius 3 is 2.65 bits per heavy atom. The monoisotopic (exact) mass is 383 g/mol. The van der Waals surface area contributed by atoms with Gasteiger partial charge in [0.15, 0.2) is 0 Å². The maximum Gasteiger partial charge on any atom is 0.286 e. The fraction of sp³-hybridized carbons (Fsp3) is 0.778. The zero-order chi connectivity index (χ0) is 18.9. The number of rotatable bonds is 10. The van der Waals surface area contributed by atoms with Gasteiger partial charge in [0.1, 0.15) is 0 Å². The van der Waals surface area contributed by atoms with Crippen molar-refractivity contribution in [3.8, 4) is 0 Å². The van der Waals surface area contributed by atoms with Crippen LogP contribution in [0.1, 0.15) is 63.1 Å². The maximum absolute atomic E-state index is 12.8. The van der Waals surface area contributed by atoms with Crippen LogP contribution in [-0.2, 0) is 9.53 Å².